The van der Waals surface area contributed by atoms with E-state index in [1.54, 1.807) is 33.8 Å². The van der Waals surface area contributed by atoms with E-state index in [0.717, 1.165) is 46.9 Å². The first-order chi connectivity index (χ1) is 34.6. The standard InChI is InChI=1S/C46H44N10O12S6.4Li/c1-9-27-17-25(7)41(73(63,64)65)30(10-2)39(27)51-43-38(52-53-44-32(21-47)26(8)54-56(44)46-49-34-15-13-29(72(60,61)62)20-36(34)70-46)22(4)18-37(50-43)55(40-23(5)16-24(6)42(31(40)11-3)74(66,67)68)45-48-33-14-12-28(71(57,58)59)19-35(33)69-45;;;;/h12-20H,9-11H2,1-8H3,(H,50,51)(H,57,58,59)(H,60,61,62)(H,63,64,65)(H,66,67,68);;;;/q;4*+1/p-4. The molecule has 4 heterocycles. The second-order valence-corrected chi connectivity index (χ2v) is 24.2. The van der Waals surface area contributed by atoms with Gasteiger partial charge in [0.25, 0.3) is 0 Å². The molecule has 0 amide bonds. The molecule has 0 aliphatic carbocycles. The van der Waals surface area contributed by atoms with E-state index in [4.69, 9.17) is 9.97 Å². The fraction of sp³-hybridized carbons (Fsp3) is 0.239. The van der Waals surface area contributed by atoms with Gasteiger partial charge in [0.05, 0.1) is 51.4 Å². The van der Waals surface area contributed by atoms with Crippen LogP contribution in [0.25, 0.3) is 25.6 Å². The second kappa shape index (κ2) is 24.8. The van der Waals surface area contributed by atoms with Gasteiger partial charge in [-0.3, -0.25) is 4.90 Å². The Morgan fingerprint density at radius 3 is 1.71 bits per heavy atom. The molecule has 0 atom stereocenters. The van der Waals surface area contributed by atoms with E-state index in [1.807, 2.05) is 6.92 Å². The van der Waals surface area contributed by atoms with Crippen LogP contribution in [0.5, 0.6) is 0 Å². The number of nitriles is 1. The molecular formula is C46H40Li4N10O12S6. The van der Waals surface area contributed by atoms with Gasteiger partial charge in [0.2, 0.25) is 5.13 Å². The Morgan fingerprint density at radius 1 is 0.641 bits per heavy atom. The summed E-state index contributed by atoms with van der Waals surface area (Å²) < 4.78 is 152. The van der Waals surface area contributed by atoms with Crippen molar-refractivity contribution in [1.82, 2.24) is 24.7 Å². The quantitative estimate of drug-likeness (QED) is 0.0602. The number of rotatable bonds is 15. The van der Waals surface area contributed by atoms with E-state index in [1.165, 1.54) is 54.6 Å². The molecule has 4 aromatic carbocycles. The van der Waals surface area contributed by atoms with E-state index in [2.05, 4.69) is 31.7 Å². The molecule has 0 radical (unpaired) electrons. The Bertz CT molecular complexity index is 4240. The van der Waals surface area contributed by atoms with Crippen molar-refractivity contribution in [3.05, 3.63) is 105 Å². The molecule has 22 nitrogen and oxygen atoms in total. The van der Waals surface area contributed by atoms with Crippen LogP contribution in [0.2, 0.25) is 0 Å². The van der Waals surface area contributed by atoms with Gasteiger partial charge in [-0.2, -0.15) is 15.0 Å². The Balaban J connectivity index is 0.00000328. The summed E-state index contributed by atoms with van der Waals surface area (Å²) >= 11 is 1.86. The summed E-state index contributed by atoms with van der Waals surface area (Å²) in [6.07, 6.45) is 0.334. The minimum absolute atomic E-state index is 0. The van der Waals surface area contributed by atoms with Gasteiger partial charge < -0.3 is 23.5 Å². The number of nitrogens with one attached hydrogen (secondary N) is 1. The summed E-state index contributed by atoms with van der Waals surface area (Å²) in [5, 5.41) is 27.5. The van der Waals surface area contributed by atoms with E-state index >= 15 is 0 Å². The molecule has 386 valence electrons. The van der Waals surface area contributed by atoms with Crippen LogP contribution in [0.15, 0.2) is 84.4 Å². The van der Waals surface area contributed by atoms with Crippen molar-refractivity contribution in [2.45, 2.75) is 94.2 Å². The van der Waals surface area contributed by atoms with Crippen LogP contribution in [0.3, 0.4) is 0 Å². The summed E-state index contributed by atoms with van der Waals surface area (Å²) in [4.78, 5) is 13.9. The van der Waals surface area contributed by atoms with Gasteiger partial charge in [0.15, 0.2) is 16.8 Å². The van der Waals surface area contributed by atoms with Crippen molar-refractivity contribution in [2.75, 3.05) is 10.2 Å². The van der Waals surface area contributed by atoms with Gasteiger partial charge in [-0.25, -0.2) is 48.6 Å². The SMILES string of the molecule is CCc1cc(C)c(S(=O)(=O)[O-])c(CC)c1Nc1nc(N(c2nc3ccc(S(=O)(=O)[O-])cc3s2)c2c(C)cc(C)c(S(=O)(=O)[O-])c2CC)cc(C)c1N=Nc1c(C#N)c(C)nn1-c1nc2ccc(S(=O)(=O)[O-])cc2s1.[Li+].[Li+].[Li+].[Li+]. The van der Waals surface area contributed by atoms with Gasteiger partial charge in [-0.15, -0.1) is 10.2 Å². The van der Waals surface area contributed by atoms with E-state index in [0.29, 0.717) is 27.8 Å². The number of hydrogen-bond acceptors (Lipinski definition) is 23. The molecule has 0 spiro atoms. The summed E-state index contributed by atoms with van der Waals surface area (Å²) in [7, 11) is -20.0. The number of fused-ring (bicyclic) bond motifs is 2. The number of nitrogens with zero attached hydrogens (tertiary/aromatic N) is 9. The molecule has 78 heavy (non-hydrogen) atoms. The van der Waals surface area contributed by atoms with E-state index in [-0.39, 0.29) is 182 Å². The Labute approximate surface area is 506 Å². The number of aryl methyl sites for hydroxylation is 6. The largest absolute Gasteiger partial charge is 1.00 e. The number of aromatic nitrogens is 5. The van der Waals surface area contributed by atoms with E-state index < -0.39 is 60.1 Å². The third kappa shape index (κ3) is 12.9. The van der Waals surface area contributed by atoms with Crippen molar-refractivity contribution in [3.8, 4) is 11.2 Å². The van der Waals surface area contributed by atoms with Gasteiger partial charge in [-0.1, -0.05) is 55.6 Å². The Kier molecular flexibility index (Phi) is 21.1. The molecule has 0 aliphatic rings. The third-order valence-electron chi connectivity index (χ3n) is 11.9. The van der Waals surface area contributed by atoms with Gasteiger partial charge in [0, 0.05) is 5.69 Å². The van der Waals surface area contributed by atoms with Crippen LogP contribution in [0.4, 0.5) is 39.6 Å². The zero-order valence-electron chi connectivity index (χ0n) is 44.2. The normalized spacial score (nSPS) is 11.9. The molecule has 4 aromatic heterocycles. The van der Waals surface area contributed by atoms with E-state index in [9.17, 15) is 57.1 Å². The molecule has 32 heteroatoms. The number of benzene rings is 4. The number of thiazole rings is 2. The third-order valence-corrected chi connectivity index (χ3v) is 17.7. The molecule has 0 saturated heterocycles. The van der Waals surface area contributed by atoms with Gasteiger partial charge >= 0.3 is 75.4 Å². The Hall–Kier alpha value is -4.26. The maximum absolute atomic E-state index is 13.1. The Morgan fingerprint density at radius 2 is 1.18 bits per heavy atom. The summed E-state index contributed by atoms with van der Waals surface area (Å²) in [5.41, 5.74) is 2.85. The first kappa shape index (κ1) is 66.3. The first-order valence-corrected chi connectivity index (χ1v) is 29.3. The van der Waals surface area contributed by atoms with Crippen molar-refractivity contribution >= 4 is 123 Å². The zero-order valence-corrected chi connectivity index (χ0v) is 49.1. The van der Waals surface area contributed by atoms with Gasteiger partial charge in [0.1, 0.15) is 63.6 Å². The fourth-order valence-corrected chi connectivity index (χ4v) is 13.9. The monoisotopic (exact) mass is 1140 g/mol. The van der Waals surface area contributed by atoms with Gasteiger partial charge in [-0.05, 0) is 135 Å². The smallest absolute Gasteiger partial charge is 0.744 e. The predicted molar refractivity (Wildman–Crippen MR) is 271 cm³/mol. The molecule has 0 bridgehead atoms. The minimum atomic E-state index is -5.14. The molecule has 8 rings (SSSR count). The first-order valence-electron chi connectivity index (χ1n) is 22.0. The number of azo groups is 1. The topological polar surface area (TPSA) is 349 Å². The zero-order chi connectivity index (χ0) is 54.1. The van der Waals surface area contributed by atoms with Crippen LogP contribution in [-0.4, -0.2) is 76.6 Å². The maximum Gasteiger partial charge on any atom is 1.00 e. The summed E-state index contributed by atoms with van der Waals surface area (Å²) in [6, 6.07) is 13.8. The molecular weight excluding hydrogens is 1100 g/mol. The van der Waals surface area contributed by atoms with Crippen molar-refractivity contribution in [2.24, 2.45) is 10.2 Å². The average Bonchev–Trinajstić information content (AvgIpc) is 4.02. The molecule has 0 aliphatic heterocycles. The van der Waals surface area contributed by atoms with Crippen LogP contribution >= 0.6 is 22.7 Å². The summed E-state index contributed by atoms with van der Waals surface area (Å²) in [6.45, 7) is 12.9. The maximum atomic E-state index is 13.1. The molecule has 1 N–H and O–H groups in total. The van der Waals surface area contributed by atoms with Crippen LogP contribution < -0.4 is 85.7 Å². The molecule has 8 aromatic rings. The minimum Gasteiger partial charge on any atom is -0.744 e. The number of hydrogen-bond donors (Lipinski definition) is 1. The second-order valence-electron chi connectivity index (χ2n) is 16.8. The number of anilines is 5. The van der Waals surface area contributed by atoms with Crippen LogP contribution in [0, 0.1) is 45.9 Å². The van der Waals surface area contributed by atoms with Crippen LogP contribution in [0.1, 0.15) is 71.0 Å². The number of pyridine rings is 1. The van der Waals surface area contributed by atoms with Crippen molar-refractivity contribution in [3.63, 3.8) is 0 Å². The predicted octanol–water partition coefficient (Wildman–Crippen LogP) is -3.15. The summed E-state index contributed by atoms with van der Waals surface area (Å²) in [5.74, 6) is -0.286. The molecule has 0 saturated carbocycles. The fourth-order valence-electron chi connectivity index (χ4n) is 8.75. The van der Waals surface area contributed by atoms with Crippen molar-refractivity contribution < 1.29 is 127 Å². The average molecular weight is 1150 g/mol. The van der Waals surface area contributed by atoms with Crippen molar-refractivity contribution in [1.29, 1.82) is 5.26 Å². The molecule has 0 unspecified atom stereocenters. The molecule has 0 fully saturated rings. The van der Waals surface area contributed by atoms with Crippen LogP contribution in [-0.2, 0) is 59.7 Å².